The van der Waals surface area contributed by atoms with Crippen LogP contribution in [0.2, 0.25) is 0 Å². The Morgan fingerprint density at radius 2 is 1.71 bits per heavy atom. The zero-order valence-electron chi connectivity index (χ0n) is 8.61. The highest BCUT2D eigenvalue weighted by molar-refractivity contribution is 9.14. The molecule has 94 valence electrons. The number of carbonyl (C=O) groups is 3. The van der Waals surface area contributed by atoms with Crippen LogP contribution in [0.1, 0.15) is 6.42 Å². The fourth-order valence-electron chi connectivity index (χ4n) is 1.14. The Balaban J connectivity index is 2.33. The molecule has 0 bridgehead atoms. The number of hydrogen-bond acceptors (Lipinski definition) is 4. The van der Waals surface area contributed by atoms with Gasteiger partial charge in [0, 0.05) is 0 Å². The molecule has 8 heteroatoms. The molecule has 0 fully saturated rings. The van der Waals surface area contributed by atoms with Crippen molar-refractivity contribution in [2.45, 2.75) is 6.42 Å². The van der Waals surface area contributed by atoms with Crippen LogP contribution in [-0.4, -0.2) is 47.5 Å². The predicted octanol–water partition coefficient (Wildman–Crippen LogP) is 0.848. The van der Waals surface area contributed by atoms with Gasteiger partial charge in [-0.1, -0.05) is 0 Å². The maximum Gasteiger partial charge on any atom is 0.305 e. The molecule has 1 aliphatic rings. The first-order chi connectivity index (χ1) is 7.95. The molecule has 2 amide bonds. The molecule has 1 N–H and O–H groups in total. The highest BCUT2D eigenvalue weighted by Crippen LogP contribution is 2.28. The Hall–Kier alpha value is -0.730. The third-order valence-electron chi connectivity index (χ3n) is 1.98. The molecular formula is C9H9Br2NO5. The molecule has 17 heavy (non-hydrogen) atoms. The minimum atomic E-state index is -0.953. The molecular weight excluding hydrogens is 362 g/mol. The van der Waals surface area contributed by atoms with Crippen molar-refractivity contribution < 1.29 is 24.2 Å². The Morgan fingerprint density at radius 3 is 2.18 bits per heavy atom. The van der Waals surface area contributed by atoms with E-state index < -0.39 is 17.8 Å². The van der Waals surface area contributed by atoms with Gasteiger partial charge in [0.15, 0.2) is 0 Å². The van der Waals surface area contributed by atoms with E-state index in [9.17, 15) is 14.4 Å². The van der Waals surface area contributed by atoms with Gasteiger partial charge in [0.25, 0.3) is 11.8 Å². The van der Waals surface area contributed by atoms with Gasteiger partial charge >= 0.3 is 5.97 Å². The number of carboxylic acids is 1. The van der Waals surface area contributed by atoms with Crippen LogP contribution in [0.3, 0.4) is 0 Å². The van der Waals surface area contributed by atoms with Crippen molar-refractivity contribution in [3.05, 3.63) is 8.96 Å². The molecule has 0 saturated carbocycles. The lowest BCUT2D eigenvalue weighted by atomic mass is 10.5. The van der Waals surface area contributed by atoms with E-state index >= 15 is 0 Å². The van der Waals surface area contributed by atoms with E-state index in [1.807, 2.05) is 0 Å². The lowest BCUT2D eigenvalue weighted by Crippen LogP contribution is -2.34. The monoisotopic (exact) mass is 369 g/mol. The Labute approximate surface area is 114 Å². The van der Waals surface area contributed by atoms with Crippen LogP contribution in [0.4, 0.5) is 0 Å². The molecule has 0 radical (unpaired) electrons. The highest BCUT2D eigenvalue weighted by Gasteiger charge is 2.35. The first kappa shape index (κ1) is 14.3. The van der Waals surface area contributed by atoms with Gasteiger partial charge in [0.1, 0.15) is 8.96 Å². The first-order valence-corrected chi connectivity index (χ1v) is 6.24. The minimum absolute atomic E-state index is 0.0569. The summed E-state index contributed by atoms with van der Waals surface area (Å²) in [6.07, 6.45) is -0.104. The number of rotatable bonds is 6. The number of imide groups is 1. The summed E-state index contributed by atoms with van der Waals surface area (Å²) in [5, 5.41) is 8.36. The third-order valence-corrected chi connectivity index (χ3v) is 3.98. The topological polar surface area (TPSA) is 83.9 Å². The molecule has 1 aliphatic heterocycles. The average Bonchev–Trinajstić information content (AvgIpc) is 2.45. The van der Waals surface area contributed by atoms with Gasteiger partial charge in [-0.25, -0.2) is 0 Å². The molecule has 0 spiro atoms. The largest absolute Gasteiger partial charge is 0.481 e. The minimum Gasteiger partial charge on any atom is -0.481 e. The van der Waals surface area contributed by atoms with E-state index in [0.29, 0.717) is 0 Å². The summed E-state index contributed by atoms with van der Waals surface area (Å²) in [6, 6.07) is 0. The van der Waals surface area contributed by atoms with E-state index in [-0.39, 0.29) is 35.1 Å². The molecule has 0 aromatic rings. The normalized spacial score (nSPS) is 16.0. The van der Waals surface area contributed by atoms with Crippen LogP contribution in [0.15, 0.2) is 8.96 Å². The van der Waals surface area contributed by atoms with Gasteiger partial charge in [-0.3, -0.25) is 19.3 Å². The number of carboxylic acid groups (broad SMARTS) is 1. The highest BCUT2D eigenvalue weighted by atomic mass is 79.9. The van der Waals surface area contributed by atoms with Crippen molar-refractivity contribution in [1.82, 2.24) is 4.90 Å². The van der Waals surface area contributed by atoms with Gasteiger partial charge < -0.3 is 9.84 Å². The Bertz CT molecular complexity index is 369. The number of nitrogens with zero attached hydrogens (tertiary/aromatic N) is 1. The number of aliphatic carboxylic acids is 1. The van der Waals surface area contributed by atoms with Crippen molar-refractivity contribution in [1.29, 1.82) is 0 Å². The maximum absolute atomic E-state index is 11.5. The lowest BCUT2D eigenvalue weighted by molar-refractivity contribution is -0.140. The predicted molar refractivity (Wildman–Crippen MR) is 64.7 cm³/mol. The van der Waals surface area contributed by atoms with Gasteiger partial charge in [-0.2, -0.15) is 0 Å². The molecule has 0 aromatic carbocycles. The summed E-state index contributed by atoms with van der Waals surface area (Å²) in [7, 11) is 0. The molecule has 0 aromatic heterocycles. The second kappa shape index (κ2) is 6.27. The summed E-state index contributed by atoms with van der Waals surface area (Å²) >= 11 is 5.99. The summed E-state index contributed by atoms with van der Waals surface area (Å²) in [5.41, 5.74) is 0. The van der Waals surface area contributed by atoms with Gasteiger partial charge in [0.05, 0.1) is 26.2 Å². The molecule has 1 heterocycles. The standard InChI is InChI=1S/C9H9Br2NO5/c10-6-7(11)9(16)12(8(6)15)2-4-17-3-1-5(13)14/h1-4H2,(H,13,14). The van der Waals surface area contributed by atoms with E-state index in [4.69, 9.17) is 9.84 Å². The number of amides is 2. The van der Waals surface area contributed by atoms with Crippen LogP contribution in [0.5, 0.6) is 0 Å². The summed E-state index contributed by atoms with van der Waals surface area (Å²) < 4.78 is 5.37. The first-order valence-electron chi connectivity index (χ1n) is 4.66. The Kier molecular flexibility index (Phi) is 5.29. The summed E-state index contributed by atoms with van der Waals surface area (Å²) in [4.78, 5) is 34.3. The molecule has 0 unspecified atom stereocenters. The quantitative estimate of drug-likeness (QED) is 0.553. The van der Waals surface area contributed by atoms with E-state index in [2.05, 4.69) is 31.9 Å². The molecule has 0 aliphatic carbocycles. The Morgan fingerprint density at radius 1 is 1.18 bits per heavy atom. The average molecular weight is 371 g/mol. The van der Waals surface area contributed by atoms with Crippen LogP contribution < -0.4 is 0 Å². The van der Waals surface area contributed by atoms with E-state index in [1.165, 1.54) is 0 Å². The maximum atomic E-state index is 11.5. The van der Waals surface area contributed by atoms with Crippen LogP contribution in [0, 0.1) is 0 Å². The molecule has 0 atom stereocenters. The smallest absolute Gasteiger partial charge is 0.305 e. The van der Waals surface area contributed by atoms with Crippen LogP contribution >= 0.6 is 31.9 Å². The number of ether oxygens (including phenoxy) is 1. The second-order valence-electron chi connectivity index (χ2n) is 3.15. The second-order valence-corrected chi connectivity index (χ2v) is 4.73. The fraction of sp³-hybridized carbons (Fsp3) is 0.444. The van der Waals surface area contributed by atoms with Crippen molar-refractivity contribution in [3.8, 4) is 0 Å². The zero-order chi connectivity index (χ0) is 13.0. The van der Waals surface area contributed by atoms with Crippen molar-refractivity contribution in [3.63, 3.8) is 0 Å². The number of carbonyl (C=O) groups excluding carboxylic acids is 2. The summed E-state index contributed by atoms with van der Waals surface area (Å²) in [6.45, 7) is 0.272. The SMILES string of the molecule is O=C(O)CCOCCN1C(=O)C(Br)=C(Br)C1=O. The van der Waals surface area contributed by atoms with Crippen LogP contribution in [0.25, 0.3) is 0 Å². The third kappa shape index (κ3) is 3.62. The zero-order valence-corrected chi connectivity index (χ0v) is 11.8. The van der Waals surface area contributed by atoms with Gasteiger partial charge in [-0.15, -0.1) is 0 Å². The van der Waals surface area contributed by atoms with Crippen molar-refractivity contribution in [2.75, 3.05) is 19.8 Å². The molecule has 0 saturated heterocycles. The number of halogens is 2. The van der Waals surface area contributed by atoms with Crippen molar-refractivity contribution >= 4 is 49.6 Å². The number of hydrogen-bond donors (Lipinski definition) is 1. The lowest BCUT2D eigenvalue weighted by Gasteiger charge is -2.13. The fourth-order valence-corrected chi connectivity index (χ4v) is 1.90. The molecule has 1 rings (SSSR count). The van der Waals surface area contributed by atoms with Crippen LogP contribution in [-0.2, 0) is 19.1 Å². The molecule has 6 nitrogen and oxygen atoms in total. The van der Waals surface area contributed by atoms with Gasteiger partial charge in [-0.05, 0) is 31.9 Å². The van der Waals surface area contributed by atoms with E-state index in [0.717, 1.165) is 4.90 Å². The van der Waals surface area contributed by atoms with Crippen molar-refractivity contribution in [2.24, 2.45) is 0 Å². The van der Waals surface area contributed by atoms with E-state index in [1.54, 1.807) is 0 Å². The van der Waals surface area contributed by atoms with Gasteiger partial charge in [0.2, 0.25) is 0 Å². The summed E-state index contributed by atoms with van der Waals surface area (Å²) in [5.74, 6) is -1.81.